The fraction of sp³-hybridized carbons (Fsp3) is 0.294. The van der Waals surface area contributed by atoms with Crippen LogP contribution in [-0.4, -0.2) is 19.9 Å². The lowest BCUT2D eigenvalue weighted by atomic mass is 10.0. The molecule has 1 aliphatic carbocycles. The summed E-state index contributed by atoms with van der Waals surface area (Å²) in [5, 5.41) is 13.8. The molecule has 124 valence electrons. The summed E-state index contributed by atoms with van der Waals surface area (Å²) >= 11 is 0. The minimum atomic E-state index is -4.49. The molecule has 1 saturated carbocycles. The van der Waals surface area contributed by atoms with Gasteiger partial charge in [-0.25, -0.2) is 4.98 Å². The number of alkyl halides is 3. The van der Waals surface area contributed by atoms with Gasteiger partial charge in [0.1, 0.15) is 5.75 Å². The normalized spacial score (nSPS) is 15.2. The molecule has 0 amide bonds. The van der Waals surface area contributed by atoms with Crippen LogP contribution in [0.1, 0.15) is 30.0 Å². The Balaban J connectivity index is 2.01. The summed E-state index contributed by atoms with van der Waals surface area (Å²) in [5.41, 5.74) is 0.736. The Morgan fingerprint density at radius 3 is 2.42 bits per heavy atom. The summed E-state index contributed by atoms with van der Waals surface area (Å²) in [6.07, 6.45) is -2.76. The van der Waals surface area contributed by atoms with Crippen LogP contribution in [0.15, 0.2) is 30.3 Å². The predicted octanol–water partition coefficient (Wildman–Crippen LogP) is 4.24. The van der Waals surface area contributed by atoms with E-state index < -0.39 is 11.7 Å². The number of phenols is 1. The molecule has 4 rings (SSSR count). The van der Waals surface area contributed by atoms with Crippen molar-refractivity contribution in [3.63, 3.8) is 0 Å². The van der Waals surface area contributed by atoms with E-state index in [0.29, 0.717) is 11.3 Å². The maximum Gasteiger partial charge on any atom is 0.417 e. The fourth-order valence-electron chi connectivity index (χ4n) is 2.92. The van der Waals surface area contributed by atoms with Crippen LogP contribution in [0.25, 0.3) is 22.3 Å². The van der Waals surface area contributed by atoms with E-state index in [1.54, 1.807) is 19.2 Å². The molecule has 0 radical (unpaired) electrons. The third-order valence-electron chi connectivity index (χ3n) is 4.25. The molecule has 1 N–H and O–H groups in total. The van der Waals surface area contributed by atoms with E-state index in [1.165, 1.54) is 16.8 Å². The van der Waals surface area contributed by atoms with E-state index in [4.69, 9.17) is 0 Å². The summed E-state index contributed by atoms with van der Waals surface area (Å²) in [7, 11) is 1.61. The number of rotatable bonds is 2. The number of phenolic OH excluding ortho intramolecular Hbond substituents is 1. The largest absolute Gasteiger partial charge is 0.508 e. The lowest BCUT2D eigenvalue weighted by Crippen LogP contribution is -2.08. The standard InChI is InChI=1S/C17H14F3N3O/c1-23-16-14(15(22-23)10-2-3-10)12(17(18,19)20)8-13(21-16)9-4-6-11(24)7-5-9/h4-8,10,24H,2-3H2,1H3. The number of fused-ring (bicyclic) bond motifs is 1. The van der Waals surface area contributed by atoms with E-state index in [1.807, 2.05) is 0 Å². The van der Waals surface area contributed by atoms with Crippen molar-refractivity contribution in [1.29, 1.82) is 0 Å². The Bertz CT molecular complexity index is 925. The Kier molecular flexibility index (Phi) is 3.10. The summed E-state index contributed by atoms with van der Waals surface area (Å²) < 4.78 is 42.4. The molecular weight excluding hydrogens is 319 g/mol. The highest BCUT2D eigenvalue weighted by Gasteiger charge is 2.39. The van der Waals surface area contributed by atoms with Gasteiger partial charge in [-0.2, -0.15) is 18.3 Å². The van der Waals surface area contributed by atoms with Crippen molar-refractivity contribution in [2.45, 2.75) is 24.9 Å². The van der Waals surface area contributed by atoms with E-state index >= 15 is 0 Å². The highest BCUT2D eigenvalue weighted by atomic mass is 19.4. The van der Waals surface area contributed by atoms with Crippen LogP contribution in [0, 0.1) is 0 Å². The van der Waals surface area contributed by atoms with Crippen molar-refractivity contribution in [2.24, 2.45) is 7.05 Å². The molecule has 3 aromatic rings. The zero-order valence-corrected chi connectivity index (χ0v) is 12.8. The fourth-order valence-corrected chi connectivity index (χ4v) is 2.92. The van der Waals surface area contributed by atoms with E-state index in [0.717, 1.165) is 18.9 Å². The van der Waals surface area contributed by atoms with Crippen molar-refractivity contribution in [3.8, 4) is 17.0 Å². The van der Waals surface area contributed by atoms with E-state index in [2.05, 4.69) is 10.1 Å². The highest BCUT2D eigenvalue weighted by Crippen LogP contribution is 2.46. The molecule has 2 aromatic heterocycles. The lowest BCUT2D eigenvalue weighted by Gasteiger charge is -2.11. The highest BCUT2D eigenvalue weighted by molar-refractivity contribution is 5.86. The number of pyridine rings is 1. The number of aryl methyl sites for hydroxylation is 1. The number of benzene rings is 1. The number of hydrogen-bond acceptors (Lipinski definition) is 3. The van der Waals surface area contributed by atoms with Gasteiger partial charge in [-0.15, -0.1) is 0 Å². The second-order valence-corrected chi connectivity index (χ2v) is 6.08. The molecule has 2 heterocycles. The second-order valence-electron chi connectivity index (χ2n) is 6.08. The van der Waals surface area contributed by atoms with Crippen LogP contribution in [0.5, 0.6) is 5.75 Å². The van der Waals surface area contributed by atoms with E-state index in [-0.39, 0.29) is 28.4 Å². The summed E-state index contributed by atoms with van der Waals surface area (Å²) in [5.74, 6) is 0.142. The van der Waals surface area contributed by atoms with Crippen LogP contribution in [-0.2, 0) is 13.2 Å². The summed E-state index contributed by atoms with van der Waals surface area (Å²) in [6, 6.07) is 7.01. The number of aromatic nitrogens is 3. The third-order valence-corrected chi connectivity index (χ3v) is 4.25. The monoisotopic (exact) mass is 333 g/mol. The first-order chi connectivity index (χ1) is 11.3. The second kappa shape index (κ2) is 4.96. The van der Waals surface area contributed by atoms with Gasteiger partial charge in [0.25, 0.3) is 0 Å². The maximum atomic E-state index is 13.6. The molecule has 0 atom stereocenters. The van der Waals surface area contributed by atoms with Gasteiger partial charge in [0.15, 0.2) is 5.65 Å². The van der Waals surface area contributed by atoms with Gasteiger partial charge in [0.2, 0.25) is 0 Å². The molecular formula is C17H14F3N3O. The maximum absolute atomic E-state index is 13.6. The molecule has 0 aliphatic heterocycles. The van der Waals surface area contributed by atoms with Crippen molar-refractivity contribution in [2.75, 3.05) is 0 Å². The van der Waals surface area contributed by atoms with Gasteiger partial charge in [-0.3, -0.25) is 4.68 Å². The van der Waals surface area contributed by atoms with Crippen LogP contribution in [0.2, 0.25) is 0 Å². The third kappa shape index (κ3) is 2.40. The van der Waals surface area contributed by atoms with Gasteiger partial charge in [0, 0.05) is 18.5 Å². The van der Waals surface area contributed by atoms with Gasteiger partial charge >= 0.3 is 6.18 Å². The topological polar surface area (TPSA) is 50.9 Å². The van der Waals surface area contributed by atoms with Crippen LogP contribution >= 0.6 is 0 Å². The molecule has 0 bridgehead atoms. The minimum Gasteiger partial charge on any atom is -0.508 e. The molecule has 1 fully saturated rings. The smallest absolute Gasteiger partial charge is 0.417 e. The Morgan fingerprint density at radius 1 is 1.17 bits per heavy atom. The molecule has 0 unspecified atom stereocenters. The van der Waals surface area contributed by atoms with Crippen molar-refractivity contribution in [3.05, 3.63) is 41.6 Å². The van der Waals surface area contributed by atoms with Crippen LogP contribution in [0.3, 0.4) is 0 Å². The van der Waals surface area contributed by atoms with E-state index in [9.17, 15) is 18.3 Å². The molecule has 7 heteroatoms. The van der Waals surface area contributed by atoms with Crippen LogP contribution < -0.4 is 0 Å². The Hall–Kier alpha value is -2.57. The first kappa shape index (κ1) is 15.0. The molecule has 1 aliphatic rings. The number of aromatic hydroxyl groups is 1. The molecule has 1 aromatic carbocycles. The van der Waals surface area contributed by atoms with Gasteiger partial charge in [0.05, 0.1) is 22.3 Å². The number of halogens is 3. The van der Waals surface area contributed by atoms with Gasteiger partial charge < -0.3 is 5.11 Å². The number of hydrogen-bond donors (Lipinski definition) is 1. The first-order valence-corrected chi connectivity index (χ1v) is 7.59. The quantitative estimate of drug-likeness (QED) is 0.763. The van der Waals surface area contributed by atoms with Gasteiger partial charge in [-0.1, -0.05) is 0 Å². The molecule has 4 nitrogen and oxygen atoms in total. The molecule has 0 spiro atoms. The lowest BCUT2D eigenvalue weighted by molar-refractivity contribution is -0.136. The average molecular weight is 333 g/mol. The zero-order valence-electron chi connectivity index (χ0n) is 12.8. The summed E-state index contributed by atoms with van der Waals surface area (Å²) in [6.45, 7) is 0. The minimum absolute atomic E-state index is 0.0485. The van der Waals surface area contributed by atoms with Crippen LogP contribution in [0.4, 0.5) is 13.2 Å². The van der Waals surface area contributed by atoms with Crippen molar-refractivity contribution in [1.82, 2.24) is 14.8 Å². The number of nitrogens with zero attached hydrogens (tertiary/aromatic N) is 3. The SMILES string of the molecule is Cn1nc(C2CC2)c2c(C(F)(F)F)cc(-c3ccc(O)cc3)nc21. The van der Waals surface area contributed by atoms with Gasteiger partial charge in [-0.05, 0) is 43.2 Å². The summed E-state index contributed by atoms with van der Waals surface area (Å²) in [4.78, 5) is 4.40. The Labute approximate surface area is 135 Å². The first-order valence-electron chi connectivity index (χ1n) is 7.59. The van der Waals surface area contributed by atoms with Crippen molar-refractivity contribution < 1.29 is 18.3 Å². The molecule has 24 heavy (non-hydrogen) atoms. The predicted molar refractivity (Wildman–Crippen MR) is 82.6 cm³/mol. The zero-order chi connectivity index (χ0) is 17.1. The molecule has 0 saturated heterocycles. The van der Waals surface area contributed by atoms with Crippen molar-refractivity contribution >= 4 is 11.0 Å². The average Bonchev–Trinajstić information content (AvgIpc) is 3.31. The Morgan fingerprint density at radius 2 is 1.83 bits per heavy atom.